The molecule has 6 aliphatic heterocycles. The molecule has 70 heavy (non-hydrogen) atoms. The number of hydrogen-bond acceptors (Lipinski definition) is 29. The van der Waals surface area contributed by atoms with Crippen LogP contribution in [0.1, 0.15) is 6.92 Å². The second-order valence-electron chi connectivity index (χ2n) is 17.4. The predicted octanol–water partition coefficient (Wildman–Crippen LogP) is -10.8. The number of hydrogen-bond donors (Lipinski definition) is 17. The summed E-state index contributed by atoms with van der Waals surface area (Å²) in [5, 5.41) is 181. The molecule has 0 bridgehead atoms. The smallest absolute Gasteiger partial charge is 0.187 e. The third kappa shape index (κ3) is 12.9. The zero-order valence-corrected chi connectivity index (χ0v) is 42.2. The van der Waals surface area contributed by atoms with Gasteiger partial charge in [0.05, 0.1) is 51.8 Å². The van der Waals surface area contributed by atoms with Crippen molar-refractivity contribution in [2.45, 2.75) is 191 Å². The average Bonchev–Trinajstić information content (AvgIpc) is 3.34. The van der Waals surface area contributed by atoms with Crippen LogP contribution in [0.3, 0.4) is 0 Å². The molecule has 0 aliphatic carbocycles. The van der Waals surface area contributed by atoms with Crippen LogP contribution >= 0.6 is 0 Å². The van der Waals surface area contributed by atoms with Crippen LogP contribution in [0.15, 0.2) is 12.7 Å². The maximum absolute atomic E-state index is 11.6. The average molecular weight is 1240 g/mol. The predicted molar refractivity (Wildman–Crippen MR) is 214 cm³/mol. The second-order valence-corrected chi connectivity index (χ2v) is 17.4. The first-order valence-corrected chi connectivity index (χ1v) is 22.1. The van der Waals surface area contributed by atoms with Gasteiger partial charge in [-0.1, -0.05) is 12.1 Å². The number of rotatable bonds is 18. The van der Waals surface area contributed by atoms with Crippen molar-refractivity contribution >= 4 is 0 Å². The van der Waals surface area contributed by atoms with Gasteiger partial charge in [-0.15, -0.1) is 6.58 Å². The number of aliphatic hydroxyl groups excluding tert-OH is 17. The minimum Gasteiger partial charge on any atom is -0.668 e. The third-order valence-corrected chi connectivity index (χ3v) is 12.8. The van der Waals surface area contributed by atoms with E-state index < -0.39 is 217 Å². The van der Waals surface area contributed by atoms with Crippen molar-refractivity contribution in [1.29, 1.82) is 0 Å². The Kier molecular flexibility index (Phi) is 23.3. The molecule has 30 nitrogen and oxygen atoms in total. The number of aliphatic hydroxyl groups is 17. The van der Waals surface area contributed by atoms with Crippen molar-refractivity contribution in [1.82, 2.24) is 0 Å². The molecule has 405 valence electrons. The van der Waals surface area contributed by atoms with Crippen molar-refractivity contribution < 1.29 is 188 Å². The van der Waals surface area contributed by atoms with Crippen LogP contribution in [0.2, 0.25) is 0 Å². The van der Waals surface area contributed by atoms with Gasteiger partial charge in [-0.05, 0) is 6.92 Å². The maximum atomic E-state index is 11.6. The normalized spacial score (nSPS) is 51.4. The molecule has 0 spiro atoms. The Morgan fingerprint density at radius 1 is 0.386 bits per heavy atom. The molecule has 18 N–H and O–H groups in total. The fraction of sp³-hybridized carbons (Fsp3) is 0.949. The van der Waals surface area contributed by atoms with Crippen LogP contribution in [-0.2, 0) is 56.8 Å². The van der Waals surface area contributed by atoms with E-state index in [0.29, 0.717) is 0 Å². The minimum atomic E-state index is -2.17. The van der Waals surface area contributed by atoms with Crippen molar-refractivity contribution in [2.75, 3.05) is 39.6 Å². The van der Waals surface area contributed by atoms with E-state index in [2.05, 4.69) is 6.58 Å². The Labute approximate surface area is 434 Å². The summed E-state index contributed by atoms with van der Waals surface area (Å²) in [7, 11) is 0. The van der Waals surface area contributed by atoms with Gasteiger partial charge in [-0.3, -0.25) is 0 Å². The van der Waals surface area contributed by atoms with Gasteiger partial charge in [0.2, 0.25) is 0 Å². The van der Waals surface area contributed by atoms with Crippen molar-refractivity contribution in [3.63, 3.8) is 0 Å². The zero-order chi connectivity index (χ0) is 50.8. The zero-order valence-electron chi connectivity index (χ0n) is 37.4. The van der Waals surface area contributed by atoms with E-state index in [9.17, 15) is 86.8 Å². The number of nitrogens with one attached hydrogen (secondary N) is 1. The van der Waals surface area contributed by atoms with Crippen LogP contribution in [0.4, 0.5) is 0 Å². The van der Waals surface area contributed by atoms with Crippen molar-refractivity contribution in [3.8, 4) is 0 Å². The topological polar surface area (TPSA) is 478 Å². The SMILES string of the molecule is C=CCO[C@@H]1OC(CO)[C@@H](O[C@@H]2OC(CO)[C@H](O[C@H]3OC(CO)[C@H](O)C(OC4OC(CO)[C@H](O)C(O[C@@H]5OC(CO)[C@H](O)C(O)C5O[C@@H]5OC(C)[C@@H](O)C(O)C5O)C4[NH-])C3O)C(O)C2O)C(O)C1O.[Ac]. The molecule has 31 heteroatoms. The molecule has 0 aromatic heterocycles. The quantitative estimate of drug-likeness (QED) is 0.0567. The van der Waals surface area contributed by atoms with E-state index in [0.717, 1.165) is 0 Å². The molecule has 1 radical (unpaired) electrons. The fourth-order valence-electron chi connectivity index (χ4n) is 8.74. The van der Waals surface area contributed by atoms with Gasteiger partial charge in [0.1, 0.15) is 134 Å². The third-order valence-electron chi connectivity index (χ3n) is 12.8. The summed E-state index contributed by atoms with van der Waals surface area (Å²) in [6.07, 6.45) is -51.2. The monoisotopic (exact) mass is 1240 g/mol. The van der Waals surface area contributed by atoms with Gasteiger partial charge >= 0.3 is 0 Å². The molecule has 0 saturated carbocycles. The van der Waals surface area contributed by atoms with Crippen LogP contribution in [0.25, 0.3) is 5.73 Å². The Bertz CT molecular complexity index is 1580. The Hall–Kier alpha value is -0.0184. The Morgan fingerprint density at radius 2 is 0.757 bits per heavy atom. The van der Waals surface area contributed by atoms with E-state index in [1.165, 1.54) is 13.0 Å². The van der Waals surface area contributed by atoms with Crippen molar-refractivity contribution in [3.05, 3.63) is 18.4 Å². The van der Waals surface area contributed by atoms with E-state index >= 15 is 0 Å². The van der Waals surface area contributed by atoms with Gasteiger partial charge in [-0.25, -0.2) is 0 Å². The van der Waals surface area contributed by atoms with Crippen LogP contribution < -0.4 is 0 Å². The molecule has 0 aromatic rings. The summed E-state index contributed by atoms with van der Waals surface area (Å²) in [5.41, 5.74) is 9.06. The fourth-order valence-corrected chi connectivity index (χ4v) is 8.74. The summed E-state index contributed by atoms with van der Waals surface area (Å²) in [5.74, 6) is 0. The molecule has 6 heterocycles. The van der Waals surface area contributed by atoms with Gasteiger partial charge in [0, 0.05) is 44.1 Å². The second kappa shape index (κ2) is 26.8. The molecule has 6 rings (SSSR count). The first kappa shape index (κ1) is 60.8. The summed E-state index contributed by atoms with van der Waals surface area (Å²) in [6.45, 7) is 0.0177. The maximum Gasteiger partial charge on any atom is 0.187 e. The van der Waals surface area contributed by atoms with Gasteiger partial charge < -0.3 is 149 Å². The van der Waals surface area contributed by atoms with E-state index in [1.54, 1.807) is 0 Å². The molecule has 6 fully saturated rings. The van der Waals surface area contributed by atoms with E-state index in [4.69, 9.17) is 62.6 Å². The first-order valence-electron chi connectivity index (χ1n) is 22.1. The largest absolute Gasteiger partial charge is 0.668 e. The molecular formula is C39H66AcNO29-. The molecule has 6 saturated heterocycles. The Morgan fingerprint density at radius 3 is 1.30 bits per heavy atom. The summed E-state index contributed by atoms with van der Waals surface area (Å²) >= 11 is 0. The van der Waals surface area contributed by atoms with Crippen LogP contribution in [0.5, 0.6) is 0 Å². The van der Waals surface area contributed by atoms with Crippen molar-refractivity contribution in [2.24, 2.45) is 0 Å². The summed E-state index contributed by atoms with van der Waals surface area (Å²) < 4.78 is 67.7. The molecule has 6 aliphatic rings. The van der Waals surface area contributed by atoms with Gasteiger partial charge in [0.15, 0.2) is 31.5 Å². The first-order chi connectivity index (χ1) is 32.8. The summed E-state index contributed by atoms with van der Waals surface area (Å²) in [6, 6.07) is -1.98. The minimum absolute atomic E-state index is 0. The van der Waals surface area contributed by atoms with Crippen LogP contribution in [-0.4, -0.2) is 311 Å². The van der Waals surface area contributed by atoms with Crippen LogP contribution in [0, 0.1) is 44.1 Å². The Balaban J connectivity index is 0.00000913. The van der Waals surface area contributed by atoms with Gasteiger partial charge in [-0.2, -0.15) is 0 Å². The summed E-state index contributed by atoms with van der Waals surface area (Å²) in [4.78, 5) is 0. The molecule has 0 aromatic carbocycles. The molecule has 30 atom stereocenters. The van der Waals surface area contributed by atoms with E-state index in [1.807, 2.05) is 0 Å². The van der Waals surface area contributed by atoms with E-state index in [-0.39, 0.29) is 50.7 Å². The molecule has 0 amide bonds. The molecule has 19 unspecified atom stereocenters. The number of ether oxygens (including phenoxy) is 12. The standard InChI is InChI=1S/C39H66NO29.Ac/c1-3-4-58-35-26(55)23(52)29(14(8-44)63-35)65-37-27(56)24(53)30(15(9-45)64-37)66-38-28(57)32(20(49)13(7-43)61-38)68-34-16(40)31(19(48)12(6-42)60-34)67-39-33(22(51)18(47)11(5-41)62-39)69-36-25(54)21(50)17(46)10(2)59-36;/h3,10-57H,1,4-9H2,2H3;/q-1;/t10?,11?,12?,13?,14?,15?,16?,17-,18+,19+,20+,21?,22?,23?,24?,25?,26?,27?,28?,29-,30+,31?,32?,33?,34?,35-,36+,37+,38-,39+;/m1./s1. The molecular weight excluding hydrogens is 1170 g/mol. The van der Waals surface area contributed by atoms with Gasteiger partial charge in [0.25, 0.3) is 0 Å².